The van der Waals surface area contributed by atoms with Crippen molar-refractivity contribution in [2.24, 2.45) is 7.05 Å². The standard InChI is InChI=1S/C12H17N5/c1-8-4-3-5-17-11(13)10(15-12(8)17)9-6-14-7-16(9)2/h6-8H,3-5,13H2,1-2H3. The van der Waals surface area contributed by atoms with Gasteiger partial charge in [0, 0.05) is 19.5 Å². The molecule has 0 aliphatic carbocycles. The topological polar surface area (TPSA) is 61.7 Å². The van der Waals surface area contributed by atoms with Crippen molar-refractivity contribution >= 4 is 5.82 Å². The third-order valence-electron chi connectivity index (χ3n) is 3.56. The van der Waals surface area contributed by atoms with Crippen LogP contribution in [0.2, 0.25) is 0 Å². The highest BCUT2D eigenvalue weighted by molar-refractivity contribution is 5.68. The van der Waals surface area contributed by atoms with E-state index in [1.54, 1.807) is 6.33 Å². The van der Waals surface area contributed by atoms with Gasteiger partial charge in [0.25, 0.3) is 0 Å². The Kier molecular flexibility index (Phi) is 2.21. The maximum Gasteiger partial charge on any atom is 0.133 e. The molecule has 5 nitrogen and oxygen atoms in total. The van der Waals surface area contributed by atoms with Crippen LogP contribution in [0, 0.1) is 0 Å². The molecule has 2 aromatic heterocycles. The van der Waals surface area contributed by atoms with E-state index >= 15 is 0 Å². The molecule has 2 N–H and O–H groups in total. The highest BCUT2D eigenvalue weighted by Gasteiger charge is 2.24. The zero-order valence-corrected chi connectivity index (χ0v) is 10.2. The molecule has 5 heteroatoms. The lowest BCUT2D eigenvalue weighted by Gasteiger charge is -2.20. The Hall–Kier alpha value is -1.78. The minimum absolute atomic E-state index is 0.494. The molecule has 90 valence electrons. The Morgan fingerprint density at radius 1 is 1.47 bits per heavy atom. The van der Waals surface area contributed by atoms with E-state index < -0.39 is 0 Å². The van der Waals surface area contributed by atoms with E-state index in [1.807, 2.05) is 17.8 Å². The molecule has 3 heterocycles. The molecule has 0 fully saturated rings. The molecule has 0 saturated heterocycles. The highest BCUT2D eigenvalue weighted by atomic mass is 15.2. The summed E-state index contributed by atoms with van der Waals surface area (Å²) in [5.74, 6) is 2.38. The Labute approximate surface area is 100 Å². The summed E-state index contributed by atoms with van der Waals surface area (Å²) < 4.78 is 4.10. The molecular weight excluding hydrogens is 214 g/mol. The number of imidazole rings is 2. The molecule has 3 rings (SSSR count). The molecule has 1 aliphatic rings. The third-order valence-corrected chi connectivity index (χ3v) is 3.56. The Bertz CT molecular complexity index is 551. The number of hydrogen-bond acceptors (Lipinski definition) is 3. The van der Waals surface area contributed by atoms with E-state index in [-0.39, 0.29) is 0 Å². The van der Waals surface area contributed by atoms with Crippen LogP contribution in [0.15, 0.2) is 12.5 Å². The lowest BCUT2D eigenvalue weighted by Crippen LogP contribution is -2.15. The number of anilines is 1. The van der Waals surface area contributed by atoms with E-state index in [0.29, 0.717) is 5.92 Å². The number of nitrogens with zero attached hydrogens (tertiary/aromatic N) is 4. The summed E-state index contributed by atoms with van der Waals surface area (Å²) in [5, 5.41) is 0. The van der Waals surface area contributed by atoms with Crippen LogP contribution in [0.1, 0.15) is 31.5 Å². The van der Waals surface area contributed by atoms with Crippen molar-refractivity contribution in [3.8, 4) is 11.4 Å². The van der Waals surface area contributed by atoms with Crippen molar-refractivity contribution in [1.29, 1.82) is 0 Å². The monoisotopic (exact) mass is 231 g/mol. The van der Waals surface area contributed by atoms with Gasteiger partial charge in [-0.3, -0.25) is 0 Å². The van der Waals surface area contributed by atoms with Gasteiger partial charge in [-0.25, -0.2) is 9.97 Å². The number of nitrogens with two attached hydrogens (primary N) is 1. The zero-order valence-electron chi connectivity index (χ0n) is 10.2. The quantitative estimate of drug-likeness (QED) is 0.813. The van der Waals surface area contributed by atoms with Gasteiger partial charge in [0.1, 0.15) is 17.3 Å². The summed E-state index contributed by atoms with van der Waals surface area (Å²) in [7, 11) is 1.96. The first-order chi connectivity index (χ1) is 8.18. The number of hydrogen-bond donors (Lipinski definition) is 1. The summed E-state index contributed by atoms with van der Waals surface area (Å²) in [4.78, 5) is 8.83. The molecule has 0 amide bonds. The van der Waals surface area contributed by atoms with Crippen molar-refractivity contribution in [2.75, 3.05) is 5.73 Å². The van der Waals surface area contributed by atoms with Gasteiger partial charge in [-0.05, 0) is 12.8 Å². The molecule has 0 spiro atoms. The summed E-state index contributed by atoms with van der Waals surface area (Å²) in [6.07, 6.45) is 5.97. The van der Waals surface area contributed by atoms with Gasteiger partial charge in [0.05, 0.1) is 18.2 Å². The lowest BCUT2D eigenvalue weighted by molar-refractivity contribution is 0.467. The van der Waals surface area contributed by atoms with Crippen molar-refractivity contribution in [3.63, 3.8) is 0 Å². The predicted octanol–water partition coefficient (Wildman–Crippen LogP) is 1.76. The molecule has 17 heavy (non-hydrogen) atoms. The Morgan fingerprint density at radius 2 is 2.29 bits per heavy atom. The van der Waals surface area contributed by atoms with Crippen molar-refractivity contribution in [3.05, 3.63) is 18.3 Å². The molecule has 2 aromatic rings. The van der Waals surface area contributed by atoms with E-state index in [9.17, 15) is 0 Å². The van der Waals surface area contributed by atoms with Gasteiger partial charge < -0.3 is 14.9 Å². The zero-order chi connectivity index (χ0) is 12.0. The van der Waals surface area contributed by atoms with Gasteiger partial charge >= 0.3 is 0 Å². The van der Waals surface area contributed by atoms with Crippen LogP contribution < -0.4 is 5.73 Å². The van der Waals surface area contributed by atoms with Crippen LogP contribution in [0.5, 0.6) is 0 Å². The second-order valence-corrected chi connectivity index (χ2v) is 4.79. The first kappa shape index (κ1) is 10.4. The Balaban J connectivity index is 2.17. The van der Waals surface area contributed by atoms with Crippen LogP contribution in [0.4, 0.5) is 5.82 Å². The van der Waals surface area contributed by atoms with E-state index in [0.717, 1.165) is 29.6 Å². The maximum absolute atomic E-state index is 6.21. The number of aromatic nitrogens is 4. The average Bonchev–Trinajstić information content (AvgIpc) is 2.85. The number of fused-ring (bicyclic) bond motifs is 1. The molecule has 1 atom stereocenters. The van der Waals surface area contributed by atoms with Gasteiger partial charge in [-0.15, -0.1) is 0 Å². The van der Waals surface area contributed by atoms with Crippen molar-refractivity contribution in [1.82, 2.24) is 19.1 Å². The van der Waals surface area contributed by atoms with Crippen molar-refractivity contribution < 1.29 is 0 Å². The van der Waals surface area contributed by atoms with Crippen LogP contribution >= 0.6 is 0 Å². The van der Waals surface area contributed by atoms with Crippen LogP contribution in [0.25, 0.3) is 11.4 Å². The van der Waals surface area contributed by atoms with E-state index in [4.69, 9.17) is 10.7 Å². The van der Waals surface area contributed by atoms with Crippen LogP contribution in [-0.2, 0) is 13.6 Å². The third kappa shape index (κ3) is 1.45. The normalized spacial score (nSPS) is 19.3. The largest absolute Gasteiger partial charge is 0.383 e. The molecule has 0 radical (unpaired) electrons. The summed E-state index contributed by atoms with van der Waals surface area (Å²) in [5.41, 5.74) is 8.06. The van der Waals surface area contributed by atoms with Gasteiger partial charge in [-0.2, -0.15) is 0 Å². The van der Waals surface area contributed by atoms with Gasteiger partial charge in [-0.1, -0.05) is 6.92 Å². The first-order valence-corrected chi connectivity index (χ1v) is 6.01. The lowest BCUT2D eigenvalue weighted by atomic mass is 10.0. The number of nitrogen functional groups attached to an aromatic ring is 1. The summed E-state index contributed by atoms with van der Waals surface area (Å²) in [6, 6.07) is 0. The van der Waals surface area contributed by atoms with Crippen LogP contribution in [-0.4, -0.2) is 19.1 Å². The molecule has 1 unspecified atom stereocenters. The summed E-state index contributed by atoms with van der Waals surface area (Å²) >= 11 is 0. The molecule has 0 bridgehead atoms. The first-order valence-electron chi connectivity index (χ1n) is 6.01. The molecule has 0 aromatic carbocycles. The van der Waals surface area contributed by atoms with Crippen LogP contribution in [0.3, 0.4) is 0 Å². The Morgan fingerprint density at radius 3 is 2.94 bits per heavy atom. The van der Waals surface area contributed by atoms with Gasteiger partial charge in [0.2, 0.25) is 0 Å². The van der Waals surface area contributed by atoms with E-state index in [2.05, 4.69) is 16.5 Å². The number of rotatable bonds is 1. The fraction of sp³-hybridized carbons (Fsp3) is 0.500. The fourth-order valence-electron chi connectivity index (χ4n) is 2.55. The van der Waals surface area contributed by atoms with Gasteiger partial charge in [0.15, 0.2) is 0 Å². The number of aryl methyl sites for hydroxylation is 1. The van der Waals surface area contributed by atoms with Crippen molar-refractivity contribution in [2.45, 2.75) is 32.2 Å². The predicted molar refractivity (Wildman–Crippen MR) is 66.5 cm³/mol. The second kappa shape index (κ2) is 3.61. The summed E-state index contributed by atoms with van der Waals surface area (Å²) in [6.45, 7) is 3.20. The average molecular weight is 231 g/mol. The molecule has 1 aliphatic heterocycles. The fourth-order valence-corrected chi connectivity index (χ4v) is 2.55. The molecule has 0 saturated carbocycles. The minimum Gasteiger partial charge on any atom is -0.383 e. The SMILES string of the molecule is CC1CCCn2c1nc(-c1cncn1C)c2N. The minimum atomic E-state index is 0.494. The smallest absolute Gasteiger partial charge is 0.133 e. The second-order valence-electron chi connectivity index (χ2n) is 4.79. The van der Waals surface area contributed by atoms with E-state index in [1.165, 1.54) is 12.8 Å². The maximum atomic E-state index is 6.21. The highest BCUT2D eigenvalue weighted by Crippen LogP contribution is 2.33. The molecular formula is C12H17N5.